The number of nitrogens with one attached hydrogen (secondary N) is 3. The fraction of sp³-hybridized carbons (Fsp3) is 0.400. The number of thiophene rings is 1. The van der Waals surface area contributed by atoms with Gasteiger partial charge in [0.1, 0.15) is 0 Å². The fourth-order valence-corrected chi connectivity index (χ4v) is 4.08. The zero-order chi connectivity index (χ0) is 17.3. The lowest BCUT2D eigenvalue weighted by molar-refractivity contribution is -0.0863. The highest BCUT2D eigenvalue weighted by Crippen LogP contribution is 2.32. The molecule has 1 atom stereocenters. The van der Waals surface area contributed by atoms with Gasteiger partial charge in [0.05, 0.1) is 4.88 Å². The first-order valence-corrected chi connectivity index (χ1v) is 9.34. The summed E-state index contributed by atoms with van der Waals surface area (Å²) in [6.07, 6.45) is 0. The molecule has 1 aromatic heterocycles. The van der Waals surface area contributed by atoms with Crippen molar-refractivity contribution < 1.29 is 9.53 Å². The Hall–Kier alpha value is -1.20. The number of hydrogen-bond acceptors (Lipinski definition) is 8. The highest BCUT2D eigenvalue weighted by atomic mass is 32.2. The number of carbonyl (C=O) groups excluding carboxylic acids is 1. The molecular formula is C15H21N5O2S2. The molecule has 1 saturated heterocycles. The van der Waals surface area contributed by atoms with E-state index in [9.17, 15) is 4.79 Å². The van der Waals surface area contributed by atoms with Crippen molar-refractivity contribution in [1.29, 1.82) is 0 Å². The van der Waals surface area contributed by atoms with Crippen molar-refractivity contribution in [2.24, 2.45) is 5.73 Å². The van der Waals surface area contributed by atoms with Gasteiger partial charge in [0.15, 0.2) is 0 Å². The van der Waals surface area contributed by atoms with E-state index in [4.69, 9.17) is 10.5 Å². The number of hydrogen-bond donors (Lipinski definition) is 4. The molecule has 130 valence electrons. The van der Waals surface area contributed by atoms with E-state index in [1.54, 1.807) is 16.5 Å². The van der Waals surface area contributed by atoms with E-state index in [1.807, 2.05) is 31.2 Å². The van der Waals surface area contributed by atoms with Crippen molar-refractivity contribution in [2.75, 3.05) is 6.61 Å². The molecule has 0 bridgehead atoms. The number of nitrogens with zero attached hydrogens (tertiary/aromatic N) is 1. The Morgan fingerprint density at radius 3 is 2.92 bits per heavy atom. The number of benzene rings is 1. The average Bonchev–Trinajstić information content (AvgIpc) is 3.11. The maximum Gasteiger partial charge on any atom is 0.258 e. The second-order valence-corrected chi connectivity index (χ2v) is 8.24. The third kappa shape index (κ3) is 3.42. The van der Waals surface area contributed by atoms with Crippen LogP contribution < -0.4 is 22.1 Å². The van der Waals surface area contributed by atoms with Crippen molar-refractivity contribution in [3.8, 4) is 0 Å². The molecule has 1 unspecified atom stereocenters. The molecule has 9 heteroatoms. The van der Waals surface area contributed by atoms with Crippen LogP contribution in [0.4, 0.5) is 0 Å². The second kappa shape index (κ2) is 6.96. The summed E-state index contributed by atoms with van der Waals surface area (Å²) in [4.78, 5) is 11.9. The monoisotopic (exact) mass is 367 g/mol. The van der Waals surface area contributed by atoms with Gasteiger partial charge in [0.25, 0.3) is 5.91 Å². The van der Waals surface area contributed by atoms with Gasteiger partial charge in [-0.2, -0.15) is 16.4 Å². The van der Waals surface area contributed by atoms with E-state index >= 15 is 0 Å². The number of hydrazine groups is 3. The van der Waals surface area contributed by atoms with E-state index in [0.717, 1.165) is 15.6 Å². The van der Waals surface area contributed by atoms with Crippen LogP contribution in [0.5, 0.6) is 0 Å². The first-order chi connectivity index (χ1) is 11.4. The average molecular weight is 368 g/mol. The number of fused-ring (bicyclic) bond motifs is 1. The van der Waals surface area contributed by atoms with Gasteiger partial charge in [0, 0.05) is 22.1 Å². The Morgan fingerprint density at radius 2 is 2.25 bits per heavy atom. The molecule has 3 rings (SSSR count). The maximum absolute atomic E-state index is 11.4. The van der Waals surface area contributed by atoms with Crippen LogP contribution in [0, 0.1) is 0 Å². The topological polar surface area (TPSA) is 91.6 Å². The SMILES string of the molecule is CCOC1(c2ccc3sc(C(N)=O)cc3c2)NNN(SC(C)C)N1. The van der Waals surface area contributed by atoms with E-state index in [0.29, 0.717) is 16.7 Å². The van der Waals surface area contributed by atoms with Gasteiger partial charge in [-0.25, -0.2) is 0 Å². The summed E-state index contributed by atoms with van der Waals surface area (Å²) < 4.78 is 8.77. The lowest BCUT2D eigenvalue weighted by Crippen LogP contribution is -2.50. The molecule has 1 aliphatic heterocycles. The van der Waals surface area contributed by atoms with Crippen LogP contribution in [-0.4, -0.2) is 22.3 Å². The van der Waals surface area contributed by atoms with Crippen molar-refractivity contribution in [2.45, 2.75) is 31.9 Å². The molecule has 0 saturated carbocycles. The summed E-state index contributed by atoms with van der Waals surface area (Å²) in [7, 11) is 0. The highest BCUT2D eigenvalue weighted by Gasteiger charge is 2.41. The van der Waals surface area contributed by atoms with Gasteiger partial charge in [-0.05, 0) is 42.5 Å². The number of nitrogens with two attached hydrogens (primary N) is 1. The molecule has 1 amide bonds. The lowest BCUT2D eigenvalue weighted by Gasteiger charge is -2.29. The van der Waals surface area contributed by atoms with Crippen LogP contribution in [0.25, 0.3) is 10.1 Å². The van der Waals surface area contributed by atoms with Crippen molar-refractivity contribution in [3.63, 3.8) is 0 Å². The Kier molecular flexibility index (Phi) is 5.11. The number of amides is 1. The Morgan fingerprint density at radius 1 is 1.46 bits per heavy atom. The summed E-state index contributed by atoms with van der Waals surface area (Å²) in [6, 6.07) is 7.77. The van der Waals surface area contributed by atoms with Crippen LogP contribution in [0.2, 0.25) is 0 Å². The molecular weight excluding hydrogens is 346 g/mol. The van der Waals surface area contributed by atoms with Gasteiger partial charge in [0.2, 0.25) is 5.85 Å². The molecule has 0 radical (unpaired) electrons. The molecule has 24 heavy (non-hydrogen) atoms. The number of primary amides is 1. The minimum absolute atomic E-state index is 0.404. The first kappa shape index (κ1) is 17.6. The molecule has 1 aliphatic rings. The van der Waals surface area contributed by atoms with Crippen LogP contribution in [0.3, 0.4) is 0 Å². The molecule has 0 spiro atoms. The minimum atomic E-state index is -0.875. The van der Waals surface area contributed by atoms with Gasteiger partial charge in [-0.3, -0.25) is 4.79 Å². The molecule has 2 aromatic rings. The zero-order valence-corrected chi connectivity index (χ0v) is 15.4. The van der Waals surface area contributed by atoms with Crippen molar-refractivity contribution in [3.05, 3.63) is 34.7 Å². The molecule has 5 N–H and O–H groups in total. The molecule has 1 aromatic carbocycles. The number of carbonyl (C=O) groups is 1. The van der Waals surface area contributed by atoms with Crippen molar-refractivity contribution >= 4 is 39.3 Å². The second-order valence-electron chi connectivity index (χ2n) is 5.64. The van der Waals surface area contributed by atoms with E-state index in [1.165, 1.54) is 11.3 Å². The predicted molar refractivity (Wildman–Crippen MR) is 97.6 cm³/mol. The lowest BCUT2D eigenvalue weighted by atomic mass is 10.1. The minimum Gasteiger partial charge on any atom is -0.365 e. The molecule has 1 fully saturated rings. The fourth-order valence-electron chi connectivity index (χ4n) is 2.48. The first-order valence-electron chi connectivity index (χ1n) is 7.69. The predicted octanol–water partition coefficient (Wildman–Crippen LogP) is 2.03. The van der Waals surface area contributed by atoms with E-state index in [2.05, 4.69) is 30.2 Å². The smallest absolute Gasteiger partial charge is 0.258 e. The normalized spacial score (nSPS) is 21.8. The summed E-state index contributed by atoms with van der Waals surface area (Å²) >= 11 is 3.00. The van der Waals surface area contributed by atoms with Gasteiger partial charge < -0.3 is 10.5 Å². The van der Waals surface area contributed by atoms with E-state index in [-0.39, 0.29) is 0 Å². The zero-order valence-electron chi connectivity index (χ0n) is 13.8. The summed E-state index contributed by atoms with van der Waals surface area (Å²) in [5.41, 5.74) is 15.8. The van der Waals surface area contributed by atoms with Crippen LogP contribution in [-0.2, 0) is 10.6 Å². The van der Waals surface area contributed by atoms with Crippen molar-refractivity contribution in [1.82, 2.24) is 20.9 Å². The highest BCUT2D eigenvalue weighted by molar-refractivity contribution is 7.97. The van der Waals surface area contributed by atoms with Gasteiger partial charge in [-0.1, -0.05) is 19.9 Å². The molecule has 2 heterocycles. The Bertz CT molecular complexity index is 751. The third-order valence-electron chi connectivity index (χ3n) is 3.44. The van der Waals surface area contributed by atoms with Crippen LogP contribution >= 0.6 is 23.3 Å². The largest absolute Gasteiger partial charge is 0.365 e. The number of rotatable bonds is 6. The quantitative estimate of drug-likeness (QED) is 0.581. The Labute approximate surface area is 148 Å². The van der Waals surface area contributed by atoms with Gasteiger partial charge in [-0.15, -0.1) is 15.9 Å². The third-order valence-corrected chi connectivity index (χ3v) is 5.38. The number of ether oxygens (including phenoxy) is 1. The summed E-state index contributed by atoms with van der Waals surface area (Å²) in [5.74, 6) is -1.28. The summed E-state index contributed by atoms with van der Waals surface area (Å²) in [5, 5.41) is 1.37. The van der Waals surface area contributed by atoms with Crippen LogP contribution in [0.15, 0.2) is 24.3 Å². The van der Waals surface area contributed by atoms with Gasteiger partial charge >= 0.3 is 0 Å². The Balaban J connectivity index is 1.94. The standard InChI is InChI=1S/C15H21N5O2S2/c1-4-22-15(17-19-20(18-15)24-9(2)3)11-5-6-12-10(7-11)8-13(23-12)14(16)21/h5-9,17-19H,4H2,1-3H3,(H2,16,21). The maximum atomic E-state index is 11.4. The molecule has 7 nitrogen and oxygen atoms in total. The molecule has 0 aliphatic carbocycles. The summed E-state index contributed by atoms with van der Waals surface area (Å²) in [6.45, 7) is 6.68. The van der Waals surface area contributed by atoms with Crippen LogP contribution in [0.1, 0.15) is 36.0 Å². The van der Waals surface area contributed by atoms with E-state index < -0.39 is 11.8 Å².